The Kier molecular flexibility index (Phi) is 5.12. The molecule has 0 saturated carbocycles. The van der Waals surface area contributed by atoms with Crippen LogP contribution in [0.4, 0.5) is 5.13 Å². The van der Waals surface area contributed by atoms with Gasteiger partial charge in [0, 0.05) is 31.1 Å². The third kappa shape index (κ3) is 3.50. The number of aryl methyl sites for hydroxylation is 2. The van der Waals surface area contributed by atoms with Gasteiger partial charge in [0.25, 0.3) is 0 Å². The van der Waals surface area contributed by atoms with Crippen molar-refractivity contribution < 1.29 is 4.79 Å². The molecule has 0 radical (unpaired) electrons. The topological polar surface area (TPSA) is 84.7 Å². The van der Waals surface area contributed by atoms with E-state index in [1.807, 2.05) is 54.9 Å². The molecule has 1 amide bonds. The summed E-state index contributed by atoms with van der Waals surface area (Å²) in [7, 11) is 0. The van der Waals surface area contributed by atoms with Crippen LogP contribution in [0.15, 0.2) is 52.8 Å². The van der Waals surface area contributed by atoms with E-state index in [1.165, 1.54) is 11.3 Å². The molecule has 0 spiro atoms. The summed E-state index contributed by atoms with van der Waals surface area (Å²) in [5.41, 5.74) is 3.40. The normalized spacial score (nSPS) is 11.2. The maximum atomic E-state index is 12.8. The van der Waals surface area contributed by atoms with Crippen LogP contribution in [0.25, 0.3) is 22.4 Å². The summed E-state index contributed by atoms with van der Waals surface area (Å²) < 4.78 is 3.45. The Morgan fingerprint density at radius 2 is 1.89 bits per heavy atom. The third-order valence-corrected chi connectivity index (χ3v) is 5.32. The van der Waals surface area contributed by atoms with Crippen molar-refractivity contribution in [3.8, 4) is 11.4 Å². The number of aromatic nitrogens is 4. The fraction of sp³-hybridized carbons (Fsp3) is 0.250. The highest BCUT2D eigenvalue weighted by Gasteiger charge is 2.14. The van der Waals surface area contributed by atoms with E-state index < -0.39 is 0 Å². The van der Waals surface area contributed by atoms with Crippen molar-refractivity contribution in [3.63, 3.8) is 0 Å². The molecule has 0 aliphatic rings. The molecule has 7 nitrogen and oxygen atoms in total. The van der Waals surface area contributed by atoms with E-state index in [-0.39, 0.29) is 18.0 Å². The molecule has 28 heavy (non-hydrogen) atoms. The van der Waals surface area contributed by atoms with Gasteiger partial charge >= 0.3 is 5.69 Å². The van der Waals surface area contributed by atoms with Crippen molar-refractivity contribution in [1.82, 2.24) is 19.1 Å². The van der Waals surface area contributed by atoms with Crippen LogP contribution in [0, 0.1) is 0 Å². The first kappa shape index (κ1) is 18.2. The molecule has 0 fully saturated rings. The number of benzene rings is 1. The summed E-state index contributed by atoms with van der Waals surface area (Å²) in [6, 6.07) is 11.5. The predicted octanol–water partition coefficient (Wildman–Crippen LogP) is 3.69. The van der Waals surface area contributed by atoms with Gasteiger partial charge in [-0.05, 0) is 30.7 Å². The number of hydrogen-bond acceptors (Lipinski definition) is 4. The van der Waals surface area contributed by atoms with Gasteiger partial charge in [0.2, 0.25) is 5.91 Å². The van der Waals surface area contributed by atoms with Crippen molar-refractivity contribution in [2.45, 2.75) is 32.9 Å². The van der Waals surface area contributed by atoms with Crippen LogP contribution in [-0.2, 0) is 17.9 Å². The Hall–Kier alpha value is -3.13. The smallest absolute Gasteiger partial charge is 0.329 e. The first-order valence-corrected chi connectivity index (χ1v) is 10.1. The fourth-order valence-corrected chi connectivity index (χ4v) is 3.99. The lowest BCUT2D eigenvalue weighted by atomic mass is 10.3. The lowest BCUT2D eigenvalue weighted by molar-refractivity contribution is -0.116. The zero-order valence-corrected chi connectivity index (χ0v) is 16.3. The van der Waals surface area contributed by atoms with Gasteiger partial charge in [-0.1, -0.05) is 19.1 Å². The van der Waals surface area contributed by atoms with Crippen molar-refractivity contribution in [1.29, 1.82) is 0 Å². The predicted molar refractivity (Wildman–Crippen MR) is 112 cm³/mol. The van der Waals surface area contributed by atoms with Crippen LogP contribution in [0.2, 0.25) is 0 Å². The Morgan fingerprint density at radius 3 is 2.57 bits per heavy atom. The van der Waals surface area contributed by atoms with Crippen LogP contribution in [0.3, 0.4) is 0 Å². The van der Waals surface area contributed by atoms with Crippen molar-refractivity contribution >= 4 is 33.4 Å². The van der Waals surface area contributed by atoms with Gasteiger partial charge in [-0.3, -0.25) is 13.9 Å². The molecular weight excluding hydrogens is 374 g/mol. The molecule has 4 rings (SSSR count). The molecule has 2 N–H and O–H groups in total. The van der Waals surface area contributed by atoms with E-state index >= 15 is 0 Å². The van der Waals surface area contributed by atoms with E-state index in [1.54, 1.807) is 9.13 Å². The maximum Gasteiger partial charge on any atom is 0.329 e. The number of thiazole rings is 1. The molecule has 3 heterocycles. The molecule has 1 aromatic carbocycles. The number of imidazole rings is 1. The van der Waals surface area contributed by atoms with Gasteiger partial charge in [0.05, 0.1) is 22.4 Å². The van der Waals surface area contributed by atoms with Gasteiger partial charge in [-0.25, -0.2) is 9.78 Å². The fourth-order valence-electron chi connectivity index (χ4n) is 3.27. The number of anilines is 1. The van der Waals surface area contributed by atoms with Gasteiger partial charge in [-0.2, -0.15) is 0 Å². The van der Waals surface area contributed by atoms with E-state index in [2.05, 4.69) is 15.3 Å². The first-order chi connectivity index (χ1) is 13.7. The van der Waals surface area contributed by atoms with E-state index in [0.29, 0.717) is 18.2 Å². The van der Waals surface area contributed by atoms with Crippen molar-refractivity contribution in [2.75, 3.05) is 5.32 Å². The molecule has 8 heteroatoms. The summed E-state index contributed by atoms with van der Waals surface area (Å²) in [5, 5.41) is 5.27. The van der Waals surface area contributed by atoms with Crippen LogP contribution < -0.4 is 11.0 Å². The summed E-state index contributed by atoms with van der Waals surface area (Å²) >= 11 is 1.38. The van der Waals surface area contributed by atoms with Crippen molar-refractivity contribution in [2.24, 2.45) is 0 Å². The summed E-state index contributed by atoms with van der Waals surface area (Å²) in [6.07, 6.45) is 2.92. The number of carbonyl (C=O) groups is 1. The molecule has 4 aromatic rings. The SMILES string of the molecule is CCCn1c(=O)n(CCC(=O)Nc2nc(-c3ccc[nH]3)cs2)c2ccccc21. The Bertz CT molecular complexity index is 1150. The average Bonchev–Trinajstić information content (AvgIpc) is 3.42. The largest absolute Gasteiger partial charge is 0.360 e. The van der Waals surface area contributed by atoms with Gasteiger partial charge in [0.15, 0.2) is 5.13 Å². The molecule has 0 atom stereocenters. The van der Waals surface area contributed by atoms with Gasteiger partial charge < -0.3 is 10.3 Å². The second-order valence-corrected chi connectivity index (χ2v) is 7.35. The Balaban J connectivity index is 1.47. The van der Waals surface area contributed by atoms with E-state index in [0.717, 1.165) is 28.8 Å². The molecule has 3 aromatic heterocycles. The second-order valence-electron chi connectivity index (χ2n) is 6.49. The zero-order chi connectivity index (χ0) is 19.5. The molecule has 144 valence electrons. The minimum Gasteiger partial charge on any atom is -0.360 e. The van der Waals surface area contributed by atoms with E-state index in [4.69, 9.17) is 0 Å². The number of amides is 1. The first-order valence-electron chi connectivity index (χ1n) is 9.24. The van der Waals surface area contributed by atoms with E-state index in [9.17, 15) is 9.59 Å². The lowest BCUT2D eigenvalue weighted by Crippen LogP contribution is -2.26. The highest BCUT2D eigenvalue weighted by Crippen LogP contribution is 2.23. The third-order valence-electron chi connectivity index (χ3n) is 4.56. The standard InChI is InChI=1S/C20H21N5O2S/c1-2-11-24-16-7-3-4-8-17(16)25(20(24)27)12-9-18(26)23-19-22-15(13-28-19)14-6-5-10-21-14/h3-8,10,13,21H,2,9,11-12H2,1H3,(H,22,23,26). The number of aromatic amines is 1. The lowest BCUT2D eigenvalue weighted by Gasteiger charge is -2.04. The zero-order valence-electron chi connectivity index (χ0n) is 15.5. The van der Waals surface area contributed by atoms with Crippen LogP contribution in [-0.4, -0.2) is 25.0 Å². The van der Waals surface area contributed by atoms with Crippen LogP contribution in [0.1, 0.15) is 19.8 Å². The average molecular weight is 395 g/mol. The monoisotopic (exact) mass is 395 g/mol. The molecule has 0 saturated heterocycles. The number of para-hydroxylation sites is 2. The maximum absolute atomic E-state index is 12.8. The summed E-state index contributed by atoms with van der Waals surface area (Å²) in [6.45, 7) is 3.04. The van der Waals surface area contributed by atoms with Crippen LogP contribution >= 0.6 is 11.3 Å². The Morgan fingerprint density at radius 1 is 1.14 bits per heavy atom. The summed E-state index contributed by atoms with van der Waals surface area (Å²) in [4.78, 5) is 32.7. The highest BCUT2D eigenvalue weighted by molar-refractivity contribution is 7.14. The number of fused-ring (bicyclic) bond motifs is 1. The summed E-state index contributed by atoms with van der Waals surface area (Å²) in [5.74, 6) is -0.161. The second kappa shape index (κ2) is 7.85. The number of carbonyl (C=O) groups excluding carboxylic acids is 1. The minimum atomic E-state index is -0.161. The molecule has 0 bridgehead atoms. The highest BCUT2D eigenvalue weighted by atomic mass is 32.1. The number of H-pyrrole nitrogens is 1. The van der Waals surface area contributed by atoms with Crippen molar-refractivity contribution in [3.05, 3.63) is 58.5 Å². The quantitative estimate of drug-likeness (QED) is 0.500. The number of nitrogens with one attached hydrogen (secondary N) is 2. The molecule has 0 aliphatic heterocycles. The van der Waals surface area contributed by atoms with Crippen LogP contribution in [0.5, 0.6) is 0 Å². The molecule has 0 aliphatic carbocycles. The number of hydrogen-bond donors (Lipinski definition) is 2. The minimum absolute atomic E-state index is 0.0703. The van der Waals surface area contributed by atoms with Gasteiger partial charge in [0.1, 0.15) is 0 Å². The molecular formula is C20H21N5O2S. The molecule has 0 unspecified atom stereocenters. The Labute approximate surface area is 165 Å². The van der Waals surface area contributed by atoms with Gasteiger partial charge in [-0.15, -0.1) is 11.3 Å². The number of rotatable bonds is 7. The number of nitrogens with zero attached hydrogens (tertiary/aromatic N) is 3.